The van der Waals surface area contributed by atoms with Crippen molar-refractivity contribution in [2.75, 3.05) is 0 Å². The maximum atomic E-state index is 14.2. The van der Waals surface area contributed by atoms with Crippen LogP contribution in [0.15, 0.2) is 146 Å². The minimum Gasteiger partial charge on any atom is -0.258 e. The lowest BCUT2D eigenvalue weighted by Gasteiger charge is -2.46. The van der Waals surface area contributed by atoms with Crippen LogP contribution >= 0.6 is 0 Å². The molecule has 7 aromatic rings. The molecule has 420 valence electrons. The van der Waals surface area contributed by atoms with E-state index in [9.17, 15) is 115 Å². The van der Waals surface area contributed by atoms with Crippen LogP contribution in [0.5, 0.6) is 0 Å². The summed E-state index contributed by atoms with van der Waals surface area (Å²) in [6, 6.07) is 7.83. The summed E-state index contributed by atoms with van der Waals surface area (Å²) in [7, 11) is 0. The van der Waals surface area contributed by atoms with Crippen molar-refractivity contribution >= 4 is 33.7 Å². The van der Waals surface area contributed by atoms with E-state index in [2.05, 4.69) is 4.98 Å². The molecule has 0 aliphatic rings. The third-order valence-corrected chi connectivity index (χ3v) is 11.8. The maximum Gasteiger partial charge on any atom is 0.416 e. The van der Waals surface area contributed by atoms with Gasteiger partial charge in [-0.25, -0.2) is 0 Å². The number of benzene rings is 6. The predicted molar refractivity (Wildman–Crippen MR) is 232 cm³/mol. The van der Waals surface area contributed by atoms with E-state index in [0.717, 1.165) is 16.8 Å². The van der Waals surface area contributed by atoms with E-state index in [1.165, 1.54) is 6.07 Å². The summed E-state index contributed by atoms with van der Waals surface area (Å²) in [5.74, 6) is 0. The highest BCUT2D eigenvalue weighted by Crippen LogP contribution is 2.41. The fourth-order valence-electron chi connectivity index (χ4n) is 8.39. The molecule has 0 N–H and O–H groups in total. The number of nitrogens with zero attached hydrogens (tertiary/aromatic N) is 3. The van der Waals surface area contributed by atoms with Gasteiger partial charge in [0.15, 0.2) is 12.7 Å². The number of rotatable bonds is 8. The first-order valence-electron chi connectivity index (χ1n) is 21.5. The van der Waals surface area contributed by atoms with E-state index in [1.807, 2.05) is 47.2 Å². The van der Waals surface area contributed by atoms with Crippen LogP contribution in [0.25, 0.3) is 11.3 Å². The Morgan fingerprint density at radius 3 is 0.987 bits per heavy atom. The highest BCUT2D eigenvalue weighted by Gasteiger charge is 2.47. The van der Waals surface area contributed by atoms with Gasteiger partial charge in [0, 0.05) is 17.7 Å². The molecule has 0 amide bonds. The Bertz CT molecular complexity index is 2920. The molecule has 0 spiro atoms. The van der Waals surface area contributed by atoms with Gasteiger partial charge in [-0.05, 0) is 30.3 Å². The molecule has 0 aliphatic carbocycles. The Morgan fingerprint density at radius 2 is 0.709 bits per heavy atom. The molecule has 7 rings (SSSR count). The second kappa shape index (κ2) is 21.1. The van der Waals surface area contributed by atoms with E-state index >= 15 is 0 Å². The predicted octanol–water partition coefficient (Wildman–Crippen LogP) is 14.2. The zero-order chi connectivity index (χ0) is 59.3. The Kier molecular flexibility index (Phi) is 16.1. The molecule has 0 fully saturated rings. The molecular formula is C49H26BF24N3O2. The van der Waals surface area contributed by atoms with Gasteiger partial charge >= 0.3 is 49.4 Å². The lowest BCUT2D eigenvalue weighted by molar-refractivity contribution is -0.678. The summed E-state index contributed by atoms with van der Waals surface area (Å²) in [5, 5.41) is 10.9. The summed E-state index contributed by atoms with van der Waals surface area (Å²) >= 11 is 0. The van der Waals surface area contributed by atoms with Crippen molar-refractivity contribution in [1.29, 1.82) is 0 Å². The summed E-state index contributed by atoms with van der Waals surface area (Å²) in [4.78, 5) is 14.7. The van der Waals surface area contributed by atoms with E-state index in [4.69, 9.17) is 0 Å². The third-order valence-electron chi connectivity index (χ3n) is 11.8. The van der Waals surface area contributed by atoms with Crippen LogP contribution in [0.2, 0.25) is 0 Å². The maximum absolute atomic E-state index is 14.2. The molecule has 0 unspecified atom stereocenters. The second-order valence-corrected chi connectivity index (χ2v) is 17.1. The fraction of sp³-hybridized carbons (Fsp3) is 0.184. The third kappa shape index (κ3) is 13.9. The van der Waals surface area contributed by atoms with Crippen LogP contribution in [-0.4, -0.2) is 16.1 Å². The first kappa shape index (κ1) is 60.4. The standard InChI is InChI=1S/C32H12BF24.C17H14N3O2/c34-25(35,36)13-1-14(26(37,38)39)6-21(5-13)33(22-7-15(27(40,41)42)2-16(8-22)28(43,44)45,23-9-17(29(46,47)48)3-18(10-23)30(49,50)51)24-11-19(31(52,53)54)4-20(12-24)32(55,56)57;21-20(22)16-8-4-7-15(11-16)17-12-18-9-10-19(17)13-14-5-2-1-3-6-14/h1-12H;1-12H,13H2/q-1;+1. The van der Waals surface area contributed by atoms with Crippen molar-refractivity contribution in [3.63, 3.8) is 0 Å². The quantitative estimate of drug-likeness (QED) is 0.0501. The van der Waals surface area contributed by atoms with Crippen molar-refractivity contribution in [2.24, 2.45) is 0 Å². The van der Waals surface area contributed by atoms with Crippen LogP contribution in [0.3, 0.4) is 0 Å². The number of alkyl halides is 24. The smallest absolute Gasteiger partial charge is 0.258 e. The van der Waals surface area contributed by atoms with E-state index in [0.29, 0.717) is 6.54 Å². The molecule has 0 radical (unpaired) electrons. The molecule has 0 atom stereocenters. The molecule has 30 heteroatoms. The monoisotopic (exact) mass is 1160 g/mol. The topological polar surface area (TPSA) is 59.9 Å². The molecule has 0 saturated heterocycles. The molecule has 0 saturated carbocycles. The van der Waals surface area contributed by atoms with Crippen LogP contribution in [0.1, 0.15) is 50.1 Å². The fourth-order valence-corrected chi connectivity index (χ4v) is 8.39. The van der Waals surface area contributed by atoms with Gasteiger partial charge in [-0.15, -0.1) is 0 Å². The van der Waals surface area contributed by atoms with Crippen LogP contribution in [-0.2, 0) is 56.0 Å². The normalized spacial score (nSPS) is 13.2. The molecule has 79 heavy (non-hydrogen) atoms. The number of nitro benzene ring substituents is 1. The number of halogens is 24. The second-order valence-electron chi connectivity index (χ2n) is 17.1. The Labute approximate surface area is 426 Å². The number of aromatic nitrogens is 2. The van der Waals surface area contributed by atoms with Crippen LogP contribution in [0, 0.1) is 10.1 Å². The average Bonchev–Trinajstić information content (AvgIpc) is 3.38. The molecule has 1 heterocycles. The van der Waals surface area contributed by atoms with Crippen molar-refractivity contribution in [2.45, 2.75) is 56.0 Å². The van der Waals surface area contributed by atoms with Gasteiger partial charge in [0.2, 0.25) is 5.69 Å². The summed E-state index contributed by atoms with van der Waals surface area (Å²) in [5.41, 5.74) is -27.4. The lowest BCUT2D eigenvalue weighted by Crippen LogP contribution is -2.75. The van der Waals surface area contributed by atoms with Crippen molar-refractivity contribution in [3.8, 4) is 11.3 Å². The summed E-state index contributed by atoms with van der Waals surface area (Å²) < 4.78 is 343. The van der Waals surface area contributed by atoms with E-state index in [-0.39, 0.29) is 10.6 Å². The highest BCUT2D eigenvalue weighted by molar-refractivity contribution is 7.20. The van der Waals surface area contributed by atoms with Gasteiger partial charge < -0.3 is 0 Å². The number of hydrogen-bond donors (Lipinski definition) is 0. The van der Waals surface area contributed by atoms with Crippen LogP contribution < -0.4 is 26.4 Å². The van der Waals surface area contributed by atoms with Gasteiger partial charge in [0.1, 0.15) is 6.15 Å². The van der Waals surface area contributed by atoms with Crippen molar-refractivity contribution in [3.05, 3.63) is 206 Å². The molecule has 1 aromatic heterocycles. The SMILES string of the molecule is FC(F)(F)c1cc([B-](c2cc(C(F)(F)F)cc(C(F)(F)F)c2)(c2cc(C(F)(F)F)cc(C(F)(F)F)c2)c2cc(C(F)(F)F)cc(C(F)(F)F)c2)cc(C(F)(F)F)c1.O=[N+]([O-])c1cccc(-c2cncc[n+]2Cc2ccccc2)c1. The molecule has 0 bridgehead atoms. The molecule has 5 nitrogen and oxygen atoms in total. The van der Waals surface area contributed by atoms with E-state index < -0.39 is 195 Å². The Hall–Kier alpha value is -7.82. The zero-order valence-corrected chi connectivity index (χ0v) is 38.4. The highest BCUT2D eigenvalue weighted by atomic mass is 19.4. The van der Waals surface area contributed by atoms with Crippen molar-refractivity contribution < 1.29 is 115 Å². The Morgan fingerprint density at radius 1 is 0.405 bits per heavy atom. The lowest BCUT2D eigenvalue weighted by atomic mass is 9.12. The van der Waals surface area contributed by atoms with Gasteiger partial charge in [-0.2, -0.15) is 132 Å². The summed E-state index contributed by atoms with van der Waals surface area (Å²) in [6.45, 7) is 0.682. The molecule has 6 aromatic carbocycles. The minimum atomic E-state index is -6.13. The number of non-ortho nitro benzene ring substituents is 1. The minimum absolute atomic E-state index is 0.0765. The number of hydrogen-bond acceptors (Lipinski definition) is 3. The van der Waals surface area contributed by atoms with E-state index in [1.54, 1.807) is 24.5 Å². The Balaban J connectivity index is 0.000000378. The first-order chi connectivity index (χ1) is 36.0. The average molecular weight is 1160 g/mol. The first-order valence-corrected chi connectivity index (χ1v) is 21.5. The van der Waals surface area contributed by atoms with Gasteiger partial charge in [0.25, 0.3) is 5.69 Å². The van der Waals surface area contributed by atoms with Gasteiger partial charge in [0.05, 0.1) is 67.4 Å². The van der Waals surface area contributed by atoms with Crippen LogP contribution in [0.4, 0.5) is 111 Å². The molecule has 0 aliphatic heterocycles. The van der Waals surface area contributed by atoms with Gasteiger partial charge in [-0.3, -0.25) is 15.1 Å². The summed E-state index contributed by atoms with van der Waals surface area (Å²) in [6.07, 6.45) is -49.5. The molecular weight excluding hydrogens is 1130 g/mol. The number of nitro groups is 1. The zero-order valence-electron chi connectivity index (χ0n) is 38.4. The largest absolute Gasteiger partial charge is 0.416 e. The van der Waals surface area contributed by atoms with Crippen molar-refractivity contribution in [1.82, 2.24) is 4.98 Å². The van der Waals surface area contributed by atoms with Gasteiger partial charge in [-0.1, -0.05) is 84.9 Å².